The van der Waals surface area contributed by atoms with E-state index in [0.29, 0.717) is 32.7 Å². The molecule has 0 aliphatic carbocycles. The Hall–Kier alpha value is -3.82. The van der Waals surface area contributed by atoms with E-state index in [9.17, 15) is 13.8 Å². The number of nitrogens with zero attached hydrogens (tertiary/aromatic N) is 3. The standard InChI is InChI=1S/C23H16ClN5O3S/c24-17-8-4-7-15(9-17)18-11-20(33(32)13-14-5-2-1-3-6-14)29-21(26-18)16(12-25-29)10-19-22(30)28-23(31)27-19/h1-12H,13H2,(H2,27,28,30,31). The number of amides is 3. The maximum absolute atomic E-state index is 13.4. The van der Waals surface area contributed by atoms with Gasteiger partial charge in [0.15, 0.2) is 5.65 Å². The molecule has 0 spiro atoms. The smallest absolute Gasteiger partial charge is 0.303 e. The van der Waals surface area contributed by atoms with E-state index in [1.165, 1.54) is 16.8 Å². The van der Waals surface area contributed by atoms with E-state index in [2.05, 4.69) is 15.7 Å². The van der Waals surface area contributed by atoms with Crippen molar-refractivity contribution >= 4 is 46.1 Å². The van der Waals surface area contributed by atoms with Gasteiger partial charge in [-0.3, -0.25) is 14.3 Å². The molecule has 3 heterocycles. The molecule has 1 unspecified atom stereocenters. The zero-order chi connectivity index (χ0) is 22.9. The van der Waals surface area contributed by atoms with Crippen LogP contribution in [0.25, 0.3) is 23.0 Å². The fourth-order valence-electron chi connectivity index (χ4n) is 3.45. The quantitative estimate of drug-likeness (QED) is 0.260. The summed E-state index contributed by atoms with van der Waals surface area (Å²) in [6.07, 6.45) is 3.00. The van der Waals surface area contributed by atoms with Gasteiger partial charge in [0.05, 0.1) is 28.4 Å². The molecule has 1 saturated heterocycles. The second-order valence-electron chi connectivity index (χ2n) is 7.27. The van der Waals surface area contributed by atoms with Crippen LogP contribution in [-0.2, 0) is 21.3 Å². The van der Waals surface area contributed by atoms with E-state index < -0.39 is 22.7 Å². The lowest BCUT2D eigenvalue weighted by atomic mass is 10.1. The highest BCUT2D eigenvalue weighted by molar-refractivity contribution is 7.84. The molecule has 164 valence electrons. The largest absolute Gasteiger partial charge is 0.326 e. The van der Waals surface area contributed by atoms with Gasteiger partial charge in [-0.1, -0.05) is 54.1 Å². The molecule has 0 radical (unpaired) electrons. The zero-order valence-electron chi connectivity index (χ0n) is 17.0. The molecule has 5 rings (SSSR count). The molecule has 2 N–H and O–H groups in total. The topological polar surface area (TPSA) is 105 Å². The Bertz CT molecular complexity index is 1470. The van der Waals surface area contributed by atoms with Crippen molar-refractivity contribution in [3.05, 3.63) is 88.7 Å². The zero-order valence-corrected chi connectivity index (χ0v) is 18.6. The van der Waals surface area contributed by atoms with Crippen molar-refractivity contribution in [1.82, 2.24) is 25.2 Å². The van der Waals surface area contributed by atoms with Gasteiger partial charge in [-0.2, -0.15) is 5.10 Å². The third-order valence-electron chi connectivity index (χ3n) is 4.98. The number of hydrogen-bond acceptors (Lipinski definition) is 5. The van der Waals surface area contributed by atoms with Crippen molar-refractivity contribution in [3.8, 4) is 11.3 Å². The molecular weight excluding hydrogens is 462 g/mol. The first-order valence-electron chi connectivity index (χ1n) is 9.89. The third-order valence-corrected chi connectivity index (χ3v) is 6.57. The number of fused-ring (bicyclic) bond motifs is 1. The van der Waals surface area contributed by atoms with Crippen LogP contribution < -0.4 is 10.6 Å². The fraction of sp³-hybridized carbons (Fsp3) is 0.0435. The number of halogens is 1. The van der Waals surface area contributed by atoms with Gasteiger partial charge in [0, 0.05) is 16.1 Å². The molecule has 1 aliphatic rings. The summed E-state index contributed by atoms with van der Waals surface area (Å²) in [6.45, 7) is 0. The van der Waals surface area contributed by atoms with Gasteiger partial charge in [0.1, 0.15) is 10.7 Å². The molecule has 1 fully saturated rings. The van der Waals surface area contributed by atoms with Crippen molar-refractivity contribution in [2.24, 2.45) is 0 Å². The van der Waals surface area contributed by atoms with Crippen molar-refractivity contribution < 1.29 is 13.8 Å². The lowest BCUT2D eigenvalue weighted by molar-refractivity contribution is -0.115. The number of rotatable bonds is 5. The van der Waals surface area contributed by atoms with Crippen LogP contribution in [0.15, 0.2) is 77.6 Å². The van der Waals surface area contributed by atoms with Gasteiger partial charge >= 0.3 is 6.03 Å². The Morgan fingerprint density at radius 1 is 1.03 bits per heavy atom. The summed E-state index contributed by atoms with van der Waals surface area (Å²) < 4.78 is 14.9. The second kappa shape index (κ2) is 8.61. The molecule has 2 aromatic heterocycles. The molecule has 10 heteroatoms. The molecule has 1 aliphatic heterocycles. The summed E-state index contributed by atoms with van der Waals surface area (Å²) >= 11 is 6.18. The average molecular weight is 478 g/mol. The third kappa shape index (κ3) is 4.28. The summed E-state index contributed by atoms with van der Waals surface area (Å²) in [5.41, 5.74) is 3.19. The number of imide groups is 1. The minimum atomic E-state index is -1.44. The molecule has 2 aromatic carbocycles. The van der Waals surface area contributed by atoms with E-state index in [1.807, 2.05) is 42.5 Å². The van der Waals surface area contributed by atoms with Gasteiger partial charge in [-0.15, -0.1) is 0 Å². The SMILES string of the molecule is O=C1NC(=O)C(=Cc2cnn3c(S(=O)Cc4ccccc4)cc(-c4cccc(Cl)c4)nc23)N1. The van der Waals surface area contributed by atoms with Crippen LogP contribution in [0.1, 0.15) is 11.1 Å². The van der Waals surface area contributed by atoms with Gasteiger partial charge in [-0.05, 0) is 29.8 Å². The molecule has 33 heavy (non-hydrogen) atoms. The number of urea groups is 1. The summed E-state index contributed by atoms with van der Waals surface area (Å²) in [4.78, 5) is 28.1. The maximum Gasteiger partial charge on any atom is 0.326 e. The maximum atomic E-state index is 13.4. The van der Waals surface area contributed by atoms with Crippen LogP contribution in [0.2, 0.25) is 5.02 Å². The van der Waals surface area contributed by atoms with Crippen LogP contribution in [-0.4, -0.2) is 30.7 Å². The molecule has 1 atom stereocenters. The van der Waals surface area contributed by atoms with Gasteiger partial charge in [0.2, 0.25) is 0 Å². The number of carbonyl (C=O) groups is 2. The van der Waals surface area contributed by atoms with Crippen LogP contribution in [0.5, 0.6) is 0 Å². The monoisotopic (exact) mass is 477 g/mol. The molecule has 4 aromatic rings. The molecule has 0 saturated carbocycles. The summed E-state index contributed by atoms with van der Waals surface area (Å²) in [7, 11) is -1.44. The molecule has 3 amide bonds. The van der Waals surface area contributed by atoms with Gasteiger partial charge < -0.3 is 5.32 Å². The first kappa shape index (κ1) is 21.0. The van der Waals surface area contributed by atoms with Crippen LogP contribution in [0.3, 0.4) is 0 Å². The van der Waals surface area contributed by atoms with E-state index in [4.69, 9.17) is 16.6 Å². The lowest BCUT2D eigenvalue weighted by Gasteiger charge is -2.09. The van der Waals surface area contributed by atoms with E-state index >= 15 is 0 Å². The molecular formula is C23H16ClN5O3S. The predicted molar refractivity (Wildman–Crippen MR) is 125 cm³/mol. The van der Waals surface area contributed by atoms with Gasteiger partial charge in [-0.25, -0.2) is 14.3 Å². The Labute approximate surface area is 195 Å². The Morgan fingerprint density at radius 2 is 1.85 bits per heavy atom. The van der Waals surface area contributed by atoms with Crippen molar-refractivity contribution in [2.75, 3.05) is 0 Å². The summed E-state index contributed by atoms with van der Waals surface area (Å²) in [6, 6.07) is 17.8. The highest BCUT2D eigenvalue weighted by Gasteiger charge is 2.24. The first-order chi connectivity index (χ1) is 16.0. The number of carbonyl (C=O) groups excluding carboxylic acids is 2. The normalized spacial score (nSPS) is 15.6. The Morgan fingerprint density at radius 3 is 2.58 bits per heavy atom. The minimum Gasteiger partial charge on any atom is -0.303 e. The average Bonchev–Trinajstić information content (AvgIpc) is 3.35. The summed E-state index contributed by atoms with van der Waals surface area (Å²) in [5, 5.41) is 9.97. The Balaban J connectivity index is 1.66. The summed E-state index contributed by atoms with van der Waals surface area (Å²) in [5.74, 6) is -0.248. The number of nitrogens with one attached hydrogen (secondary N) is 2. The molecule has 0 bridgehead atoms. The van der Waals surface area contributed by atoms with Crippen LogP contribution in [0.4, 0.5) is 4.79 Å². The highest BCUT2D eigenvalue weighted by Crippen LogP contribution is 2.26. The van der Waals surface area contributed by atoms with Gasteiger partial charge in [0.25, 0.3) is 5.91 Å². The van der Waals surface area contributed by atoms with E-state index in [-0.39, 0.29) is 5.70 Å². The van der Waals surface area contributed by atoms with Crippen LogP contribution >= 0.6 is 11.6 Å². The van der Waals surface area contributed by atoms with E-state index in [0.717, 1.165) is 11.1 Å². The second-order valence-corrected chi connectivity index (χ2v) is 9.10. The number of aromatic nitrogens is 3. The first-order valence-corrected chi connectivity index (χ1v) is 11.6. The lowest BCUT2D eigenvalue weighted by Crippen LogP contribution is -2.22. The Kier molecular flexibility index (Phi) is 5.49. The van der Waals surface area contributed by atoms with Crippen LogP contribution in [0, 0.1) is 0 Å². The highest BCUT2D eigenvalue weighted by atomic mass is 35.5. The number of hydrogen-bond donors (Lipinski definition) is 2. The van der Waals surface area contributed by atoms with Crippen molar-refractivity contribution in [1.29, 1.82) is 0 Å². The van der Waals surface area contributed by atoms with E-state index in [1.54, 1.807) is 18.2 Å². The predicted octanol–water partition coefficient (Wildman–Crippen LogP) is 3.54. The minimum absolute atomic E-state index is 0.0804. The number of benzene rings is 2. The molecule has 8 nitrogen and oxygen atoms in total. The van der Waals surface area contributed by atoms with Crippen molar-refractivity contribution in [2.45, 2.75) is 10.8 Å². The van der Waals surface area contributed by atoms with Crippen molar-refractivity contribution in [3.63, 3.8) is 0 Å². The fourth-order valence-corrected chi connectivity index (χ4v) is 4.85.